The van der Waals surface area contributed by atoms with Crippen LogP contribution < -0.4 is 20.6 Å². The number of rotatable bonds is 9. The van der Waals surface area contributed by atoms with Crippen molar-refractivity contribution in [2.75, 3.05) is 13.2 Å². The van der Waals surface area contributed by atoms with E-state index in [4.69, 9.17) is 15.2 Å². The van der Waals surface area contributed by atoms with E-state index < -0.39 is 16.7 Å². The Morgan fingerprint density at radius 2 is 1.97 bits per heavy atom. The highest BCUT2D eigenvalue weighted by Gasteiger charge is 2.13. The van der Waals surface area contributed by atoms with Crippen LogP contribution >= 0.6 is 15.9 Å². The van der Waals surface area contributed by atoms with Crippen LogP contribution in [-0.4, -0.2) is 36.2 Å². The molecule has 0 aliphatic heterocycles. The van der Waals surface area contributed by atoms with Gasteiger partial charge in [-0.15, -0.1) is 0 Å². The number of halogens is 1. The SMILES string of the molecule is CCOc1cc(/C=N/NC(=O)c2ccc([N+](=O)[O-])cc2)cc(Br)c1OCC(N)=O. The maximum atomic E-state index is 12.1. The van der Waals surface area contributed by atoms with Gasteiger partial charge >= 0.3 is 0 Å². The number of nitrogens with two attached hydrogens (primary N) is 1. The molecule has 0 aromatic heterocycles. The Morgan fingerprint density at radius 3 is 2.55 bits per heavy atom. The topological polar surface area (TPSA) is 146 Å². The number of nitrogens with one attached hydrogen (secondary N) is 1. The molecule has 10 nitrogen and oxygen atoms in total. The molecule has 3 N–H and O–H groups in total. The van der Waals surface area contributed by atoms with Gasteiger partial charge in [-0.1, -0.05) is 0 Å². The second-order valence-electron chi connectivity index (χ2n) is 5.52. The normalized spacial score (nSPS) is 10.6. The molecular weight excluding hydrogens is 448 g/mol. The third-order valence-corrected chi connectivity index (χ3v) is 4.00. The standard InChI is InChI=1S/C18H17BrN4O6/c1-2-28-15-8-11(7-14(19)17(15)29-10-16(20)24)9-21-22-18(25)12-3-5-13(6-4-12)23(26)27/h3-9H,2,10H2,1H3,(H2,20,24)(H,22,25)/b21-9+. The van der Waals surface area contributed by atoms with Crippen molar-refractivity contribution in [2.45, 2.75) is 6.92 Å². The van der Waals surface area contributed by atoms with Crippen LogP contribution in [0.1, 0.15) is 22.8 Å². The molecule has 2 rings (SSSR count). The molecule has 0 atom stereocenters. The van der Waals surface area contributed by atoms with Crippen LogP contribution in [0.4, 0.5) is 5.69 Å². The zero-order chi connectivity index (χ0) is 21.4. The van der Waals surface area contributed by atoms with Crippen molar-refractivity contribution in [2.24, 2.45) is 10.8 Å². The highest BCUT2D eigenvalue weighted by atomic mass is 79.9. The monoisotopic (exact) mass is 464 g/mol. The first-order valence-corrected chi connectivity index (χ1v) is 9.06. The van der Waals surface area contributed by atoms with E-state index in [-0.39, 0.29) is 17.9 Å². The first-order valence-electron chi connectivity index (χ1n) is 8.27. The van der Waals surface area contributed by atoms with Crippen molar-refractivity contribution in [3.8, 4) is 11.5 Å². The number of hydrazone groups is 1. The number of amides is 2. The molecule has 0 bridgehead atoms. The Morgan fingerprint density at radius 1 is 1.28 bits per heavy atom. The summed E-state index contributed by atoms with van der Waals surface area (Å²) in [5.74, 6) is -0.468. The number of benzene rings is 2. The van der Waals surface area contributed by atoms with Crippen molar-refractivity contribution in [1.82, 2.24) is 5.43 Å². The molecule has 0 unspecified atom stereocenters. The largest absolute Gasteiger partial charge is 0.490 e. The summed E-state index contributed by atoms with van der Waals surface area (Å²) in [5, 5.41) is 14.5. The number of non-ortho nitro benzene ring substituents is 1. The van der Waals surface area contributed by atoms with Gasteiger partial charge in [0.05, 0.1) is 22.2 Å². The lowest BCUT2D eigenvalue weighted by atomic mass is 10.2. The van der Waals surface area contributed by atoms with E-state index in [2.05, 4.69) is 26.5 Å². The number of ether oxygens (including phenoxy) is 2. The van der Waals surface area contributed by atoms with Crippen LogP contribution in [0, 0.1) is 10.1 Å². The van der Waals surface area contributed by atoms with Gasteiger partial charge in [0.15, 0.2) is 18.1 Å². The summed E-state index contributed by atoms with van der Waals surface area (Å²) in [7, 11) is 0. The molecule has 0 aliphatic rings. The minimum Gasteiger partial charge on any atom is -0.490 e. The molecule has 11 heteroatoms. The van der Waals surface area contributed by atoms with Gasteiger partial charge in [-0.05, 0) is 52.7 Å². The lowest BCUT2D eigenvalue weighted by Gasteiger charge is -2.13. The number of nitrogens with zero attached hydrogens (tertiary/aromatic N) is 2. The summed E-state index contributed by atoms with van der Waals surface area (Å²) >= 11 is 3.33. The second-order valence-corrected chi connectivity index (χ2v) is 6.38. The van der Waals surface area contributed by atoms with Gasteiger partial charge in [0, 0.05) is 17.7 Å². The molecule has 152 valence electrons. The summed E-state index contributed by atoms with van der Waals surface area (Å²) in [5.41, 5.74) is 8.12. The van der Waals surface area contributed by atoms with Crippen LogP contribution in [0.25, 0.3) is 0 Å². The van der Waals surface area contributed by atoms with Crippen molar-refractivity contribution in [1.29, 1.82) is 0 Å². The summed E-state index contributed by atoms with van der Waals surface area (Å²) in [6, 6.07) is 8.39. The van der Waals surface area contributed by atoms with E-state index in [9.17, 15) is 19.7 Å². The Balaban J connectivity index is 2.11. The van der Waals surface area contributed by atoms with E-state index in [1.165, 1.54) is 30.5 Å². The molecular formula is C18H17BrN4O6. The molecule has 2 amide bonds. The predicted molar refractivity (Wildman–Crippen MR) is 108 cm³/mol. The number of hydrogen-bond donors (Lipinski definition) is 2. The van der Waals surface area contributed by atoms with Gasteiger partial charge in [0.2, 0.25) is 0 Å². The smallest absolute Gasteiger partial charge is 0.271 e. The van der Waals surface area contributed by atoms with Gasteiger partial charge in [-0.25, -0.2) is 5.43 Å². The van der Waals surface area contributed by atoms with Crippen LogP contribution in [0.15, 0.2) is 46.0 Å². The summed E-state index contributed by atoms with van der Waals surface area (Å²) < 4.78 is 11.4. The molecule has 29 heavy (non-hydrogen) atoms. The fraction of sp³-hybridized carbons (Fsp3) is 0.167. The minimum atomic E-state index is -0.626. The van der Waals surface area contributed by atoms with E-state index in [1.807, 2.05) is 0 Å². The fourth-order valence-corrected chi connectivity index (χ4v) is 2.75. The van der Waals surface area contributed by atoms with Crippen LogP contribution in [0.2, 0.25) is 0 Å². The third-order valence-electron chi connectivity index (χ3n) is 3.41. The first kappa shape index (κ1) is 21.8. The van der Waals surface area contributed by atoms with Gasteiger partial charge < -0.3 is 15.2 Å². The Kier molecular flexibility index (Phi) is 7.66. The van der Waals surface area contributed by atoms with Crippen LogP contribution in [0.5, 0.6) is 11.5 Å². The maximum Gasteiger partial charge on any atom is 0.271 e. The zero-order valence-corrected chi connectivity index (χ0v) is 16.8. The van der Waals surface area contributed by atoms with Gasteiger partial charge in [-0.2, -0.15) is 5.10 Å². The Hall–Kier alpha value is -3.47. The molecule has 0 radical (unpaired) electrons. The number of carbonyl (C=O) groups is 2. The van der Waals surface area contributed by atoms with Crippen LogP contribution in [0.3, 0.4) is 0 Å². The number of nitro benzene ring substituents is 1. The van der Waals surface area contributed by atoms with E-state index in [1.54, 1.807) is 19.1 Å². The molecule has 0 saturated carbocycles. The molecule has 0 fully saturated rings. The molecule has 0 spiro atoms. The highest BCUT2D eigenvalue weighted by Crippen LogP contribution is 2.36. The van der Waals surface area contributed by atoms with Crippen molar-refractivity contribution in [3.63, 3.8) is 0 Å². The van der Waals surface area contributed by atoms with E-state index in [0.717, 1.165) is 0 Å². The lowest BCUT2D eigenvalue weighted by molar-refractivity contribution is -0.384. The third kappa shape index (κ3) is 6.28. The Bertz CT molecular complexity index is 946. The average Bonchev–Trinajstić information content (AvgIpc) is 2.67. The summed E-state index contributed by atoms with van der Waals surface area (Å²) in [4.78, 5) is 33.1. The van der Waals surface area contributed by atoms with Gasteiger partial charge in [0.1, 0.15) is 0 Å². The van der Waals surface area contributed by atoms with Gasteiger partial charge in [0.25, 0.3) is 17.5 Å². The molecule has 0 aliphatic carbocycles. The van der Waals surface area contributed by atoms with Crippen LogP contribution in [-0.2, 0) is 4.79 Å². The van der Waals surface area contributed by atoms with E-state index in [0.29, 0.717) is 28.1 Å². The fourth-order valence-electron chi connectivity index (χ4n) is 2.17. The predicted octanol–water partition coefficient (Wildman–Crippen LogP) is 2.38. The number of hydrogen-bond acceptors (Lipinski definition) is 7. The second kappa shape index (κ2) is 10.2. The molecule has 0 saturated heterocycles. The molecule has 2 aromatic rings. The number of nitro groups is 1. The molecule has 0 heterocycles. The zero-order valence-electron chi connectivity index (χ0n) is 15.3. The van der Waals surface area contributed by atoms with Crippen molar-refractivity contribution >= 4 is 39.6 Å². The Labute approximate surface area is 174 Å². The number of primary amides is 1. The minimum absolute atomic E-state index is 0.114. The number of carbonyl (C=O) groups excluding carboxylic acids is 2. The summed E-state index contributed by atoms with van der Waals surface area (Å²) in [6.45, 7) is 1.84. The highest BCUT2D eigenvalue weighted by molar-refractivity contribution is 9.10. The molecule has 2 aromatic carbocycles. The lowest BCUT2D eigenvalue weighted by Crippen LogP contribution is -2.20. The first-order chi connectivity index (χ1) is 13.8. The maximum absolute atomic E-state index is 12.1. The van der Waals surface area contributed by atoms with E-state index >= 15 is 0 Å². The average molecular weight is 465 g/mol. The van der Waals surface area contributed by atoms with Crippen molar-refractivity contribution in [3.05, 3.63) is 62.1 Å². The van der Waals surface area contributed by atoms with Crippen molar-refractivity contribution < 1.29 is 24.0 Å². The summed E-state index contributed by atoms with van der Waals surface area (Å²) in [6.07, 6.45) is 1.38. The quantitative estimate of drug-likeness (QED) is 0.330. The van der Waals surface area contributed by atoms with Gasteiger partial charge in [-0.3, -0.25) is 19.7 Å².